The molecule has 1 heterocycles. The molecule has 0 spiro atoms. The Bertz CT molecular complexity index is 361. The van der Waals surface area contributed by atoms with Gasteiger partial charge in [0.15, 0.2) is 0 Å². The van der Waals surface area contributed by atoms with Crippen LogP contribution in [0.4, 0.5) is 4.39 Å². The highest BCUT2D eigenvalue weighted by Crippen LogP contribution is 2.22. The first-order valence-electron chi connectivity index (χ1n) is 6.41. The number of rotatable bonds is 4. The number of hydrogen-bond donors (Lipinski definition) is 1. The predicted molar refractivity (Wildman–Crippen MR) is 66.9 cm³/mol. The summed E-state index contributed by atoms with van der Waals surface area (Å²) in [5, 5.41) is 3.36. The van der Waals surface area contributed by atoms with Crippen LogP contribution in [-0.2, 0) is 6.42 Å². The van der Waals surface area contributed by atoms with Crippen LogP contribution in [0, 0.1) is 11.7 Å². The highest BCUT2D eigenvalue weighted by Gasteiger charge is 2.15. The molecule has 17 heavy (non-hydrogen) atoms. The normalized spacial score (nSPS) is 20.2. The summed E-state index contributed by atoms with van der Waals surface area (Å²) >= 11 is 0. The Balaban J connectivity index is 2.00. The molecule has 94 valence electrons. The second-order valence-electron chi connectivity index (χ2n) is 4.60. The number of nitrogens with one attached hydrogen (secondary N) is 1. The van der Waals surface area contributed by atoms with Gasteiger partial charge in [-0.15, -0.1) is 0 Å². The highest BCUT2D eigenvalue weighted by molar-refractivity contribution is 5.29. The summed E-state index contributed by atoms with van der Waals surface area (Å²) in [7, 11) is 0. The molecule has 1 unspecified atom stereocenters. The SMILES string of the molecule is CCOc1ccc(CC2CCCNC2)c(F)c1. The number of piperidine rings is 1. The van der Waals surface area contributed by atoms with Crippen molar-refractivity contribution in [2.45, 2.75) is 26.2 Å². The van der Waals surface area contributed by atoms with Crippen LogP contribution in [0.1, 0.15) is 25.3 Å². The van der Waals surface area contributed by atoms with E-state index in [9.17, 15) is 4.39 Å². The Morgan fingerprint density at radius 1 is 1.47 bits per heavy atom. The summed E-state index contributed by atoms with van der Waals surface area (Å²) in [6.45, 7) is 4.58. The average Bonchev–Trinajstić information content (AvgIpc) is 2.34. The van der Waals surface area contributed by atoms with E-state index in [4.69, 9.17) is 4.74 Å². The van der Waals surface area contributed by atoms with Gasteiger partial charge in [-0.3, -0.25) is 0 Å². The third kappa shape index (κ3) is 3.43. The van der Waals surface area contributed by atoms with Crippen LogP contribution < -0.4 is 10.1 Å². The molecule has 0 radical (unpaired) electrons. The molecule has 0 amide bonds. The van der Waals surface area contributed by atoms with E-state index in [1.54, 1.807) is 0 Å². The van der Waals surface area contributed by atoms with Gasteiger partial charge >= 0.3 is 0 Å². The quantitative estimate of drug-likeness (QED) is 0.869. The van der Waals surface area contributed by atoms with Crippen molar-refractivity contribution in [2.75, 3.05) is 19.7 Å². The van der Waals surface area contributed by atoms with E-state index in [2.05, 4.69) is 5.32 Å². The van der Waals surface area contributed by atoms with Crippen LogP contribution in [0.25, 0.3) is 0 Å². The Labute approximate surface area is 102 Å². The van der Waals surface area contributed by atoms with Gasteiger partial charge in [0, 0.05) is 6.07 Å². The van der Waals surface area contributed by atoms with Crippen molar-refractivity contribution in [3.8, 4) is 5.75 Å². The van der Waals surface area contributed by atoms with Crippen molar-refractivity contribution in [2.24, 2.45) is 5.92 Å². The topological polar surface area (TPSA) is 21.3 Å². The van der Waals surface area contributed by atoms with E-state index in [1.807, 2.05) is 19.1 Å². The number of hydrogen-bond acceptors (Lipinski definition) is 2. The summed E-state index contributed by atoms with van der Waals surface area (Å²) in [5.41, 5.74) is 0.808. The zero-order valence-electron chi connectivity index (χ0n) is 10.3. The molecule has 2 nitrogen and oxygen atoms in total. The van der Waals surface area contributed by atoms with Crippen molar-refractivity contribution in [3.63, 3.8) is 0 Å². The fraction of sp³-hybridized carbons (Fsp3) is 0.571. The van der Waals surface area contributed by atoms with E-state index in [1.165, 1.54) is 18.9 Å². The van der Waals surface area contributed by atoms with Crippen LogP contribution in [0.2, 0.25) is 0 Å². The van der Waals surface area contributed by atoms with Crippen LogP contribution in [0.5, 0.6) is 5.75 Å². The van der Waals surface area contributed by atoms with Gasteiger partial charge < -0.3 is 10.1 Å². The molecule has 1 aromatic carbocycles. The highest BCUT2D eigenvalue weighted by atomic mass is 19.1. The molecule has 1 saturated heterocycles. The van der Waals surface area contributed by atoms with Crippen molar-refractivity contribution < 1.29 is 9.13 Å². The molecule has 1 atom stereocenters. The molecule has 1 aliphatic rings. The van der Waals surface area contributed by atoms with Crippen molar-refractivity contribution >= 4 is 0 Å². The summed E-state index contributed by atoms with van der Waals surface area (Å²) in [5.74, 6) is 1.05. The maximum Gasteiger partial charge on any atom is 0.130 e. The predicted octanol–water partition coefficient (Wildman–Crippen LogP) is 2.77. The first-order valence-corrected chi connectivity index (χ1v) is 6.41. The van der Waals surface area contributed by atoms with Gasteiger partial charge in [-0.25, -0.2) is 4.39 Å². The minimum Gasteiger partial charge on any atom is -0.494 e. The lowest BCUT2D eigenvalue weighted by atomic mass is 9.92. The number of ether oxygens (including phenoxy) is 1. The standard InChI is InChI=1S/C14H20FNO/c1-2-17-13-6-5-12(14(15)9-13)8-11-4-3-7-16-10-11/h5-6,9,11,16H,2-4,7-8,10H2,1H3. The monoisotopic (exact) mass is 237 g/mol. The number of halogens is 1. The largest absolute Gasteiger partial charge is 0.494 e. The number of benzene rings is 1. The first-order chi connectivity index (χ1) is 8.29. The minimum atomic E-state index is -0.137. The van der Waals surface area contributed by atoms with E-state index < -0.39 is 0 Å². The van der Waals surface area contributed by atoms with Crippen molar-refractivity contribution in [1.29, 1.82) is 0 Å². The minimum absolute atomic E-state index is 0.137. The maximum absolute atomic E-state index is 13.8. The van der Waals surface area contributed by atoms with E-state index in [-0.39, 0.29) is 5.82 Å². The first kappa shape index (κ1) is 12.4. The molecule has 2 rings (SSSR count). The van der Waals surface area contributed by atoms with Gasteiger partial charge in [0.25, 0.3) is 0 Å². The molecule has 0 aromatic heterocycles. The third-order valence-corrected chi connectivity index (χ3v) is 3.24. The smallest absolute Gasteiger partial charge is 0.130 e. The fourth-order valence-corrected chi connectivity index (χ4v) is 2.36. The second-order valence-corrected chi connectivity index (χ2v) is 4.60. The molecule has 0 bridgehead atoms. The van der Waals surface area contributed by atoms with Gasteiger partial charge in [0.05, 0.1) is 6.61 Å². The molecular weight excluding hydrogens is 217 g/mol. The molecule has 1 aromatic rings. The third-order valence-electron chi connectivity index (χ3n) is 3.24. The molecular formula is C14H20FNO. The lowest BCUT2D eigenvalue weighted by Crippen LogP contribution is -2.31. The molecule has 1 aliphatic heterocycles. The van der Waals surface area contributed by atoms with E-state index in [0.717, 1.165) is 25.1 Å². The summed E-state index contributed by atoms with van der Waals surface area (Å²) in [6.07, 6.45) is 3.22. The molecule has 0 aliphatic carbocycles. The molecule has 1 N–H and O–H groups in total. The Morgan fingerprint density at radius 2 is 2.35 bits per heavy atom. The van der Waals surface area contributed by atoms with Crippen LogP contribution in [-0.4, -0.2) is 19.7 Å². The summed E-state index contributed by atoms with van der Waals surface area (Å²) in [4.78, 5) is 0. The van der Waals surface area contributed by atoms with Crippen LogP contribution in [0.15, 0.2) is 18.2 Å². The van der Waals surface area contributed by atoms with E-state index in [0.29, 0.717) is 18.3 Å². The molecule has 1 fully saturated rings. The Morgan fingerprint density at radius 3 is 3.00 bits per heavy atom. The lowest BCUT2D eigenvalue weighted by molar-refractivity contribution is 0.337. The Kier molecular flexibility index (Phi) is 4.37. The molecule has 0 saturated carbocycles. The van der Waals surface area contributed by atoms with Gasteiger partial charge in [0.1, 0.15) is 11.6 Å². The Hall–Kier alpha value is -1.09. The lowest BCUT2D eigenvalue weighted by Gasteiger charge is -2.22. The zero-order chi connectivity index (χ0) is 12.1. The van der Waals surface area contributed by atoms with Gasteiger partial charge in [-0.2, -0.15) is 0 Å². The summed E-state index contributed by atoms with van der Waals surface area (Å²) < 4.78 is 19.1. The maximum atomic E-state index is 13.8. The zero-order valence-corrected chi connectivity index (χ0v) is 10.3. The fourth-order valence-electron chi connectivity index (χ4n) is 2.36. The van der Waals surface area contributed by atoms with Gasteiger partial charge in [-0.1, -0.05) is 6.07 Å². The summed E-state index contributed by atoms with van der Waals surface area (Å²) in [6, 6.07) is 5.21. The van der Waals surface area contributed by atoms with Crippen LogP contribution in [0.3, 0.4) is 0 Å². The van der Waals surface area contributed by atoms with Crippen molar-refractivity contribution in [3.05, 3.63) is 29.6 Å². The average molecular weight is 237 g/mol. The van der Waals surface area contributed by atoms with Gasteiger partial charge in [-0.05, 0) is 56.8 Å². The van der Waals surface area contributed by atoms with Crippen molar-refractivity contribution in [1.82, 2.24) is 5.32 Å². The molecule has 3 heteroatoms. The van der Waals surface area contributed by atoms with Crippen LogP contribution >= 0.6 is 0 Å². The van der Waals surface area contributed by atoms with E-state index >= 15 is 0 Å². The van der Waals surface area contributed by atoms with Gasteiger partial charge in [0.2, 0.25) is 0 Å². The second kappa shape index (κ2) is 6.01.